The van der Waals surface area contributed by atoms with Gasteiger partial charge < -0.3 is 15.0 Å². The average Bonchev–Trinajstić information content (AvgIpc) is 3.16. The van der Waals surface area contributed by atoms with Gasteiger partial charge in [0, 0.05) is 35.8 Å². The van der Waals surface area contributed by atoms with Crippen LogP contribution in [-0.4, -0.2) is 53.3 Å². The molecular formula is C17H20N4O4S2. The second-order valence-corrected chi connectivity index (χ2v) is 8.50. The van der Waals surface area contributed by atoms with Crippen LogP contribution in [0, 0.1) is 0 Å². The van der Waals surface area contributed by atoms with Crippen LogP contribution in [0.5, 0.6) is 5.75 Å². The predicted octanol–water partition coefficient (Wildman–Crippen LogP) is 1.81. The molecule has 0 bridgehead atoms. The van der Waals surface area contributed by atoms with E-state index in [1.165, 1.54) is 16.2 Å². The molecule has 3 rings (SSSR count). The third kappa shape index (κ3) is 4.71. The molecule has 0 radical (unpaired) electrons. The number of hydrogen-bond donors (Lipinski definition) is 2. The molecule has 1 aliphatic rings. The normalized spacial score (nSPS) is 15.3. The molecule has 1 aliphatic heterocycles. The number of amides is 2. The van der Waals surface area contributed by atoms with Gasteiger partial charge in [-0.3, -0.25) is 14.3 Å². The SMILES string of the molecule is CNCCN(C)C(=O)Oc1ccccc1C(=O)Nc1nc2c(s1)CS(=O)C2. The molecule has 0 spiro atoms. The standard InChI is InChI=1S/C17H20N4O4S2/c1-18-7-8-21(2)17(23)25-13-6-4-3-5-11(13)15(22)20-16-19-12-9-27(24)10-14(12)26-16/h3-6,18H,7-10H2,1-2H3,(H,19,20,22). The number of aromatic nitrogens is 1. The van der Waals surface area contributed by atoms with Crippen LogP contribution in [0.15, 0.2) is 24.3 Å². The predicted molar refractivity (Wildman–Crippen MR) is 105 cm³/mol. The Kier molecular flexibility index (Phi) is 6.19. The van der Waals surface area contributed by atoms with E-state index in [0.717, 1.165) is 10.6 Å². The lowest BCUT2D eigenvalue weighted by atomic mass is 10.2. The van der Waals surface area contributed by atoms with Crippen LogP contribution in [0.2, 0.25) is 0 Å². The Bertz CT molecular complexity index is 858. The Morgan fingerprint density at radius 3 is 2.85 bits per heavy atom. The third-order valence-electron chi connectivity index (χ3n) is 3.93. The highest BCUT2D eigenvalue weighted by atomic mass is 32.2. The number of anilines is 1. The second-order valence-electron chi connectivity index (χ2n) is 5.96. The summed E-state index contributed by atoms with van der Waals surface area (Å²) in [6.07, 6.45) is -0.541. The van der Waals surface area contributed by atoms with Crippen molar-refractivity contribution in [1.29, 1.82) is 0 Å². The highest BCUT2D eigenvalue weighted by Crippen LogP contribution is 2.31. The molecule has 2 amide bonds. The minimum atomic E-state index is -0.894. The summed E-state index contributed by atoms with van der Waals surface area (Å²) < 4.78 is 16.9. The Balaban J connectivity index is 1.69. The molecule has 2 heterocycles. The number of benzene rings is 1. The van der Waals surface area contributed by atoms with Gasteiger partial charge in [0.2, 0.25) is 0 Å². The average molecular weight is 409 g/mol. The number of rotatable bonds is 6. The van der Waals surface area contributed by atoms with Gasteiger partial charge in [0.05, 0.1) is 22.8 Å². The summed E-state index contributed by atoms with van der Waals surface area (Å²) >= 11 is 1.32. The van der Waals surface area contributed by atoms with Crippen LogP contribution in [0.25, 0.3) is 0 Å². The van der Waals surface area contributed by atoms with Gasteiger partial charge in [-0.05, 0) is 19.2 Å². The zero-order valence-electron chi connectivity index (χ0n) is 15.0. The molecule has 1 aromatic carbocycles. The summed E-state index contributed by atoms with van der Waals surface area (Å²) in [5.74, 6) is 0.677. The van der Waals surface area contributed by atoms with E-state index < -0.39 is 22.8 Å². The third-order valence-corrected chi connectivity index (χ3v) is 6.33. The van der Waals surface area contributed by atoms with E-state index in [1.807, 2.05) is 0 Å². The number of fused-ring (bicyclic) bond motifs is 1. The number of nitrogens with zero attached hydrogens (tertiary/aromatic N) is 2. The molecule has 144 valence electrons. The van der Waals surface area contributed by atoms with E-state index in [2.05, 4.69) is 15.6 Å². The summed E-state index contributed by atoms with van der Waals surface area (Å²) in [5, 5.41) is 6.14. The largest absolute Gasteiger partial charge is 0.415 e. The van der Waals surface area contributed by atoms with Crippen LogP contribution in [-0.2, 0) is 22.3 Å². The van der Waals surface area contributed by atoms with Gasteiger partial charge in [0.25, 0.3) is 5.91 Å². The van der Waals surface area contributed by atoms with Crippen molar-refractivity contribution in [2.75, 3.05) is 32.5 Å². The van der Waals surface area contributed by atoms with Crippen LogP contribution < -0.4 is 15.4 Å². The van der Waals surface area contributed by atoms with Crippen molar-refractivity contribution < 1.29 is 18.5 Å². The number of thiazole rings is 1. The van der Waals surface area contributed by atoms with Gasteiger partial charge in [0.1, 0.15) is 5.75 Å². The van der Waals surface area contributed by atoms with E-state index >= 15 is 0 Å². The van der Waals surface area contributed by atoms with Gasteiger partial charge in [-0.1, -0.05) is 12.1 Å². The first-order valence-electron chi connectivity index (χ1n) is 8.29. The summed E-state index contributed by atoms with van der Waals surface area (Å²) in [4.78, 5) is 31.5. The molecular weight excluding hydrogens is 388 g/mol. The fourth-order valence-electron chi connectivity index (χ4n) is 2.46. The quantitative estimate of drug-likeness (QED) is 0.756. The lowest BCUT2D eigenvalue weighted by molar-refractivity contribution is 0.102. The summed E-state index contributed by atoms with van der Waals surface area (Å²) in [7, 11) is 2.53. The lowest BCUT2D eigenvalue weighted by Gasteiger charge is -2.17. The van der Waals surface area contributed by atoms with Gasteiger partial charge in [-0.2, -0.15) is 0 Å². The lowest BCUT2D eigenvalue weighted by Crippen LogP contribution is -2.35. The van der Waals surface area contributed by atoms with Gasteiger partial charge in [-0.15, -0.1) is 11.3 Å². The van der Waals surface area contributed by atoms with E-state index in [9.17, 15) is 13.8 Å². The minimum absolute atomic E-state index is 0.182. The van der Waals surface area contributed by atoms with Crippen molar-refractivity contribution >= 4 is 39.3 Å². The van der Waals surface area contributed by atoms with Gasteiger partial charge in [0.15, 0.2) is 5.13 Å². The van der Waals surface area contributed by atoms with E-state index in [1.54, 1.807) is 38.4 Å². The second kappa shape index (κ2) is 8.59. The highest BCUT2D eigenvalue weighted by Gasteiger charge is 2.24. The van der Waals surface area contributed by atoms with E-state index in [0.29, 0.717) is 29.7 Å². The van der Waals surface area contributed by atoms with Crippen molar-refractivity contribution in [2.24, 2.45) is 0 Å². The number of carbonyl (C=O) groups is 2. The van der Waals surface area contributed by atoms with Crippen molar-refractivity contribution in [3.05, 3.63) is 40.4 Å². The molecule has 1 unspecified atom stereocenters. The first kappa shape index (κ1) is 19.5. The topological polar surface area (TPSA) is 101 Å². The maximum Gasteiger partial charge on any atom is 0.415 e. The highest BCUT2D eigenvalue weighted by molar-refractivity contribution is 7.84. The van der Waals surface area contributed by atoms with E-state index in [4.69, 9.17) is 4.74 Å². The molecule has 0 saturated carbocycles. The minimum Gasteiger partial charge on any atom is -0.409 e. The first-order valence-corrected chi connectivity index (χ1v) is 10.6. The molecule has 10 heteroatoms. The fraction of sp³-hybridized carbons (Fsp3) is 0.353. The molecule has 1 atom stereocenters. The molecule has 0 saturated heterocycles. The number of likely N-dealkylation sites (N-methyl/N-ethyl adjacent to an activating group) is 2. The summed E-state index contributed by atoms with van der Waals surface area (Å²) in [6.45, 7) is 1.11. The Labute approximate surface area is 163 Å². The van der Waals surface area contributed by atoms with Gasteiger partial charge >= 0.3 is 6.09 Å². The molecule has 8 nitrogen and oxygen atoms in total. The maximum absolute atomic E-state index is 12.6. The monoisotopic (exact) mass is 408 g/mol. The molecule has 2 N–H and O–H groups in total. The number of para-hydroxylation sites is 1. The maximum atomic E-state index is 12.6. The van der Waals surface area contributed by atoms with Crippen LogP contribution in [0.3, 0.4) is 0 Å². The molecule has 0 fully saturated rings. The molecule has 2 aromatic rings. The Hall–Kier alpha value is -2.30. The van der Waals surface area contributed by atoms with Crippen LogP contribution in [0.4, 0.5) is 9.93 Å². The zero-order chi connectivity index (χ0) is 19.4. The van der Waals surface area contributed by atoms with Crippen molar-refractivity contribution in [2.45, 2.75) is 11.5 Å². The van der Waals surface area contributed by atoms with Crippen molar-refractivity contribution in [3.63, 3.8) is 0 Å². The number of nitrogens with one attached hydrogen (secondary N) is 2. The van der Waals surface area contributed by atoms with E-state index in [-0.39, 0.29) is 11.3 Å². The summed E-state index contributed by atoms with van der Waals surface area (Å²) in [6, 6.07) is 6.55. The molecule has 0 aliphatic carbocycles. The van der Waals surface area contributed by atoms with Crippen LogP contribution >= 0.6 is 11.3 Å². The van der Waals surface area contributed by atoms with Gasteiger partial charge in [-0.25, -0.2) is 9.78 Å². The molecule has 27 heavy (non-hydrogen) atoms. The smallest absolute Gasteiger partial charge is 0.409 e. The fourth-order valence-corrected chi connectivity index (χ4v) is 5.06. The first-order chi connectivity index (χ1) is 13.0. The number of ether oxygens (including phenoxy) is 1. The Morgan fingerprint density at radius 2 is 2.11 bits per heavy atom. The zero-order valence-corrected chi connectivity index (χ0v) is 16.6. The van der Waals surface area contributed by atoms with Crippen molar-refractivity contribution in [3.8, 4) is 5.75 Å². The number of carbonyl (C=O) groups excluding carboxylic acids is 2. The molecule has 1 aromatic heterocycles. The van der Waals surface area contributed by atoms with Crippen LogP contribution in [0.1, 0.15) is 20.9 Å². The number of hydrogen-bond acceptors (Lipinski definition) is 7. The van der Waals surface area contributed by atoms with Crippen molar-refractivity contribution in [1.82, 2.24) is 15.2 Å². The Morgan fingerprint density at radius 1 is 1.33 bits per heavy atom. The summed E-state index contributed by atoms with van der Waals surface area (Å²) in [5.41, 5.74) is 1.02.